The minimum absolute atomic E-state index is 0.156. The van der Waals surface area contributed by atoms with E-state index < -0.39 is 5.60 Å². The third-order valence-corrected chi connectivity index (χ3v) is 1.64. The highest BCUT2D eigenvalue weighted by Gasteiger charge is 2.39. The van der Waals surface area contributed by atoms with Crippen LogP contribution in [0.2, 0.25) is 0 Å². The van der Waals surface area contributed by atoms with Gasteiger partial charge in [0, 0.05) is 0 Å². The average Bonchev–Trinajstić information content (AvgIpc) is 2.62. The van der Waals surface area contributed by atoms with E-state index in [4.69, 9.17) is 9.47 Å². The van der Waals surface area contributed by atoms with Crippen LogP contribution in [0.3, 0.4) is 0 Å². The van der Waals surface area contributed by atoms with E-state index in [2.05, 4.69) is 5.32 Å². The van der Waals surface area contributed by atoms with Crippen molar-refractivity contribution in [2.45, 2.75) is 38.9 Å². The monoisotopic (exact) mass is 187 g/mol. The molecule has 0 aliphatic carbocycles. The van der Waals surface area contributed by atoms with E-state index >= 15 is 0 Å². The Morgan fingerprint density at radius 3 is 2.54 bits per heavy atom. The molecule has 1 heterocycles. The molecule has 0 spiro atoms. The standard InChI is InChI=1S/C9H17NO3/c1-8(2,3)13-7(11)10-5-9(4)6-12-9/h5-6H2,1-4H3,(H,10,11)/t9-/m0/s1. The topological polar surface area (TPSA) is 50.9 Å². The Hall–Kier alpha value is -0.770. The Morgan fingerprint density at radius 2 is 2.15 bits per heavy atom. The third-order valence-electron chi connectivity index (χ3n) is 1.64. The summed E-state index contributed by atoms with van der Waals surface area (Å²) >= 11 is 0. The number of alkyl carbamates (subject to hydrolysis) is 1. The van der Waals surface area contributed by atoms with Gasteiger partial charge in [0.15, 0.2) is 0 Å². The molecule has 0 saturated carbocycles. The van der Waals surface area contributed by atoms with Crippen LogP contribution in [-0.4, -0.2) is 30.4 Å². The molecule has 1 rings (SSSR count). The molecule has 76 valence electrons. The molecule has 0 unspecified atom stereocenters. The predicted octanol–water partition coefficient (Wildman–Crippen LogP) is 1.30. The quantitative estimate of drug-likeness (QED) is 0.663. The summed E-state index contributed by atoms with van der Waals surface area (Å²) < 4.78 is 10.2. The zero-order valence-corrected chi connectivity index (χ0v) is 8.64. The molecule has 13 heavy (non-hydrogen) atoms. The first-order chi connectivity index (χ1) is 5.81. The van der Waals surface area contributed by atoms with Crippen LogP contribution in [-0.2, 0) is 9.47 Å². The molecule has 0 aromatic heterocycles. The highest BCUT2D eigenvalue weighted by atomic mass is 16.6. The third kappa shape index (κ3) is 4.12. The second-order valence-electron chi connectivity index (χ2n) is 4.59. The number of nitrogens with one attached hydrogen (secondary N) is 1. The summed E-state index contributed by atoms with van der Waals surface area (Å²) in [4.78, 5) is 11.1. The molecule has 4 heteroatoms. The van der Waals surface area contributed by atoms with E-state index in [-0.39, 0.29) is 11.7 Å². The van der Waals surface area contributed by atoms with E-state index in [1.165, 1.54) is 0 Å². The van der Waals surface area contributed by atoms with Gasteiger partial charge in [0.25, 0.3) is 0 Å². The molecule has 0 radical (unpaired) electrons. The van der Waals surface area contributed by atoms with Crippen molar-refractivity contribution in [2.75, 3.05) is 13.2 Å². The van der Waals surface area contributed by atoms with Crippen LogP contribution in [0.5, 0.6) is 0 Å². The minimum atomic E-state index is -0.435. The maximum absolute atomic E-state index is 11.1. The lowest BCUT2D eigenvalue weighted by molar-refractivity contribution is 0.0515. The van der Waals surface area contributed by atoms with Gasteiger partial charge in [-0.3, -0.25) is 0 Å². The zero-order valence-electron chi connectivity index (χ0n) is 8.64. The molecule has 1 amide bonds. The van der Waals surface area contributed by atoms with Gasteiger partial charge < -0.3 is 14.8 Å². The molecule has 1 saturated heterocycles. The lowest BCUT2D eigenvalue weighted by Crippen LogP contribution is -2.37. The van der Waals surface area contributed by atoms with Crippen molar-refractivity contribution in [3.05, 3.63) is 0 Å². The van der Waals surface area contributed by atoms with E-state index in [1.807, 2.05) is 27.7 Å². The maximum Gasteiger partial charge on any atom is 0.407 e. The second-order valence-corrected chi connectivity index (χ2v) is 4.59. The number of epoxide rings is 1. The Labute approximate surface area is 78.6 Å². The molecule has 1 fully saturated rings. The van der Waals surface area contributed by atoms with Crippen molar-refractivity contribution >= 4 is 6.09 Å². The fourth-order valence-electron chi connectivity index (χ4n) is 0.799. The average molecular weight is 187 g/mol. The first kappa shape index (κ1) is 10.3. The zero-order chi connectivity index (χ0) is 10.1. The van der Waals surface area contributed by atoms with E-state index in [1.54, 1.807) is 0 Å². The van der Waals surface area contributed by atoms with Gasteiger partial charge in [0.05, 0.1) is 13.2 Å². The van der Waals surface area contributed by atoms with E-state index in [0.29, 0.717) is 13.2 Å². The fourth-order valence-corrected chi connectivity index (χ4v) is 0.799. The summed E-state index contributed by atoms with van der Waals surface area (Å²) in [7, 11) is 0. The predicted molar refractivity (Wildman–Crippen MR) is 48.6 cm³/mol. The van der Waals surface area contributed by atoms with E-state index in [0.717, 1.165) is 0 Å². The largest absolute Gasteiger partial charge is 0.444 e. The van der Waals surface area contributed by atoms with Crippen LogP contribution in [0.4, 0.5) is 4.79 Å². The first-order valence-corrected chi connectivity index (χ1v) is 4.42. The van der Waals surface area contributed by atoms with Crippen LogP contribution in [0, 0.1) is 0 Å². The van der Waals surface area contributed by atoms with Gasteiger partial charge in [-0.2, -0.15) is 0 Å². The molecule has 1 atom stereocenters. The summed E-state index contributed by atoms with van der Waals surface area (Å²) in [5.74, 6) is 0. The number of hydrogen-bond donors (Lipinski definition) is 1. The summed E-state index contributed by atoms with van der Waals surface area (Å²) in [6.07, 6.45) is -0.385. The van der Waals surface area contributed by atoms with Gasteiger partial charge in [-0.15, -0.1) is 0 Å². The Kier molecular flexibility index (Phi) is 2.52. The van der Waals surface area contributed by atoms with Crippen LogP contribution in [0.1, 0.15) is 27.7 Å². The van der Waals surface area contributed by atoms with Crippen LogP contribution >= 0.6 is 0 Å². The van der Waals surface area contributed by atoms with Gasteiger partial charge in [-0.25, -0.2) is 4.79 Å². The summed E-state index contributed by atoms with van der Waals surface area (Å²) in [5, 5.41) is 2.66. The van der Waals surface area contributed by atoms with Gasteiger partial charge in [-0.1, -0.05) is 0 Å². The van der Waals surface area contributed by atoms with Crippen molar-refractivity contribution in [1.82, 2.24) is 5.32 Å². The smallest absolute Gasteiger partial charge is 0.407 e. The Bertz CT molecular complexity index is 203. The van der Waals surface area contributed by atoms with Crippen LogP contribution < -0.4 is 5.32 Å². The molecule has 1 aliphatic heterocycles. The Balaban J connectivity index is 2.18. The number of ether oxygens (including phenoxy) is 2. The normalized spacial score (nSPS) is 26.8. The number of amides is 1. The summed E-state index contributed by atoms with van der Waals surface area (Å²) in [6.45, 7) is 8.68. The molecular formula is C9H17NO3. The van der Waals surface area contributed by atoms with Crippen molar-refractivity contribution in [2.24, 2.45) is 0 Å². The minimum Gasteiger partial charge on any atom is -0.444 e. The molecule has 0 bridgehead atoms. The van der Waals surface area contributed by atoms with Crippen molar-refractivity contribution < 1.29 is 14.3 Å². The molecule has 4 nitrogen and oxygen atoms in total. The van der Waals surface area contributed by atoms with Gasteiger partial charge in [0.2, 0.25) is 0 Å². The number of carbonyl (C=O) groups excluding carboxylic acids is 1. The van der Waals surface area contributed by atoms with Crippen LogP contribution in [0.25, 0.3) is 0 Å². The SMILES string of the molecule is CC(C)(C)OC(=O)NC[C@@]1(C)CO1. The molecule has 1 N–H and O–H groups in total. The lowest BCUT2D eigenvalue weighted by atomic mass is 10.2. The highest BCUT2D eigenvalue weighted by Crippen LogP contribution is 2.24. The number of carbonyl (C=O) groups is 1. The summed E-state index contributed by atoms with van der Waals surface area (Å²) in [5.41, 5.74) is -0.591. The molecule has 0 aromatic rings. The second kappa shape index (κ2) is 3.18. The molecular weight excluding hydrogens is 170 g/mol. The summed E-state index contributed by atoms with van der Waals surface area (Å²) in [6, 6.07) is 0. The van der Waals surface area contributed by atoms with Crippen LogP contribution in [0.15, 0.2) is 0 Å². The number of hydrogen-bond acceptors (Lipinski definition) is 3. The van der Waals surface area contributed by atoms with Gasteiger partial charge in [0.1, 0.15) is 11.2 Å². The van der Waals surface area contributed by atoms with Gasteiger partial charge in [-0.05, 0) is 27.7 Å². The Morgan fingerprint density at radius 1 is 1.62 bits per heavy atom. The molecule has 0 aromatic carbocycles. The van der Waals surface area contributed by atoms with Crippen molar-refractivity contribution in [3.8, 4) is 0 Å². The maximum atomic E-state index is 11.1. The van der Waals surface area contributed by atoms with Crippen molar-refractivity contribution in [1.29, 1.82) is 0 Å². The lowest BCUT2D eigenvalue weighted by Gasteiger charge is -2.20. The number of rotatable bonds is 2. The highest BCUT2D eigenvalue weighted by molar-refractivity contribution is 5.67. The van der Waals surface area contributed by atoms with Gasteiger partial charge >= 0.3 is 6.09 Å². The first-order valence-electron chi connectivity index (χ1n) is 4.42. The molecule has 1 aliphatic rings. The fraction of sp³-hybridized carbons (Fsp3) is 0.889. The van der Waals surface area contributed by atoms with E-state index in [9.17, 15) is 4.79 Å². The van der Waals surface area contributed by atoms with Crippen molar-refractivity contribution in [3.63, 3.8) is 0 Å².